The number of benzene rings is 2. The van der Waals surface area contributed by atoms with Crippen LogP contribution in [0.15, 0.2) is 48.5 Å². The number of carbonyl (C=O) groups is 2. The van der Waals surface area contributed by atoms with Crippen molar-refractivity contribution in [2.75, 3.05) is 20.8 Å². The summed E-state index contributed by atoms with van der Waals surface area (Å²) in [6.07, 6.45) is 1.06. The first-order valence-corrected chi connectivity index (χ1v) is 10.7. The van der Waals surface area contributed by atoms with Crippen molar-refractivity contribution in [1.29, 1.82) is 0 Å². The molecule has 2 rings (SSSR count). The molecule has 0 aliphatic carbocycles. The van der Waals surface area contributed by atoms with E-state index >= 15 is 0 Å². The van der Waals surface area contributed by atoms with E-state index in [1.165, 1.54) is 0 Å². The Balaban J connectivity index is 2.18. The highest BCUT2D eigenvalue weighted by atomic mass is 16.5. The molecule has 2 amide bonds. The van der Waals surface area contributed by atoms with Crippen LogP contribution in [0.25, 0.3) is 0 Å². The molecule has 6 heteroatoms. The predicted octanol–water partition coefficient (Wildman–Crippen LogP) is 3.83. The fourth-order valence-electron chi connectivity index (χ4n) is 3.26. The fraction of sp³-hybridized carbons (Fsp3) is 0.440. The Morgan fingerprint density at radius 1 is 0.935 bits per heavy atom. The summed E-state index contributed by atoms with van der Waals surface area (Å²) in [7, 11) is 3.14. The summed E-state index contributed by atoms with van der Waals surface area (Å²) in [6, 6.07) is 14.5. The van der Waals surface area contributed by atoms with Gasteiger partial charge in [-0.05, 0) is 42.5 Å². The van der Waals surface area contributed by atoms with Crippen molar-refractivity contribution in [3.63, 3.8) is 0 Å². The molecule has 2 aromatic carbocycles. The molecule has 31 heavy (non-hydrogen) atoms. The second-order valence-electron chi connectivity index (χ2n) is 8.02. The molecule has 168 valence electrons. The molecule has 0 radical (unpaired) electrons. The largest absolute Gasteiger partial charge is 0.493 e. The van der Waals surface area contributed by atoms with Gasteiger partial charge in [-0.3, -0.25) is 9.59 Å². The van der Waals surface area contributed by atoms with Crippen molar-refractivity contribution in [3.05, 3.63) is 59.7 Å². The van der Waals surface area contributed by atoms with Gasteiger partial charge in [-0.1, -0.05) is 50.2 Å². The first-order chi connectivity index (χ1) is 14.8. The molecule has 0 aliphatic rings. The maximum atomic E-state index is 13.3. The van der Waals surface area contributed by atoms with E-state index in [0.717, 1.165) is 17.5 Å². The third-order valence-corrected chi connectivity index (χ3v) is 5.19. The van der Waals surface area contributed by atoms with Crippen LogP contribution in [0, 0.1) is 5.92 Å². The number of amides is 2. The summed E-state index contributed by atoms with van der Waals surface area (Å²) in [5, 5.41) is 2.96. The van der Waals surface area contributed by atoms with Crippen molar-refractivity contribution in [1.82, 2.24) is 10.2 Å². The van der Waals surface area contributed by atoms with Gasteiger partial charge >= 0.3 is 0 Å². The molecule has 0 saturated carbocycles. The van der Waals surface area contributed by atoms with Gasteiger partial charge in [0, 0.05) is 13.1 Å². The van der Waals surface area contributed by atoms with Crippen LogP contribution in [0.2, 0.25) is 0 Å². The lowest BCUT2D eigenvalue weighted by Crippen LogP contribution is -2.48. The van der Waals surface area contributed by atoms with E-state index in [1.807, 2.05) is 36.4 Å². The number of nitrogens with one attached hydrogen (secondary N) is 1. The topological polar surface area (TPSA) is 67.9 Å². The normalized spacial score (nSPS) is 11.7. The molecule has 0 fully saturated rings. The van der Waals surface area contributed by atoms with Gasteiger partial charge in [-0.25, -0.2) is 0 Å². The average molecular weight is 427 g/mol. The van der Waals surface area contributed by atoms with Crippen LogP contribution in [0.4, 0.5) is 0 Å². The Morgan fingerprint density at radius 2 is 1.61 bits per heavy atom. The van der Waals surface area contributed by atoms with Gasteiger partial charge in [0.2, 0.25) is 11.8 Å². The van der Waals surface area contributed by atoms with Crippen LogP contribution < -0.4 is 14.8 Å². The predicted molar refractivity (Wildman–Crippen MR) is 122 cm³/mol. The highest BCUT2D eigenvalue weighted by molar-refractivity contribution is 5.88. The van der Waals surface area contributed by atoms with Gasteiger partial charge in [-0.2, -0.15) is 0 Å². The van der Waals surface area contributed by atoms with Gasteiger partial charge in [0.25, 0.3) is 0 Å². The lowest BCUT2D eigenvalue weighted by Gasteiger charge is -2.29. The molecule has 0 bridgehead atoms. The summed E-state index contributed by atoms with van der Waals surface area (Å²) >= 11 is 0. The van der Waals surface area contributed by atoms with E-state index in [1.54, 1.807) is 38.2 Å². The quantitative estimate of drug-likeness (QED) is 0.593. The van der Waals surface area contributed by atoms with Crippen molar-refractivity contribution in [3.8, 4) is 11.5 Å². The number of nitrogens with zero attached hydrogens (tertiary/aromatic N) is 1. The number of hydrogen-bond acceptors (Lipinski definition) is 4. The van der Waals surface area contributed by atoms with Crippen LogP contribution in [-0.4, -0.2) is 43.5 Å². The van der Waals surface area contributed by atoms with E-state index in [4.69, 9.17) is 9.47 Å². The maximum absolute atomic E-state index is 13.3. The summed E-state index contributed by atoms with van der Waals surface area (Å²) in [5.74, 6) is 1.42. The molecule has 0 heterocycles. The minimum absolute atomic E-state index is 0.123. The second-order valence-corrected chi connectivity index (χ2v) is 8.02. The van der Waals surface area contributed by atoms with Crippen LogP contribution in [0.3, 0.4) is 0 Å². The fourth-order valence-corrected chi connectivity index (χ4v) is 3.26. The Labute approximate surface area is 185 Å². The monoisotopic (exact) mass is 426 g/mol. The van der Waals surface area contributed by atoms with Gasteiger partial charge in [-0.15, -0.1) is 0 Å². The van der Waals surface area contributed by atoms with Crippen LogP contribution >= 0.6 is 0 Å². The van der Waals surface area contributed by atoms with Crippen LogP contribution in [0.1, 0.15) is 38.3 Å². The third kappa shape index (κ3) is 7.31. The Bertz CT molecular complexity index is 852. The number of rotatable bonds is 11. The smallest absolute Gasteiger partial charge is 0.242 e. The van der Waals surface area contributed by atoms with Crippen LogP contribution in [-0.2, 0) is 22.6 Å². The first kappa shape index (κ1) is 24.3. The minimum atomic E-state index is -0.583. The van der Waals surface area contributed by atoms with Gasteiger partial charge in [0.05, 0.1) is 20.6 Å². The molecule has 6 nitrogen and oxygen atoms in total. The molecular formula is C25H34N2O4. The zero-order chi connectivity index (χ0) is 22.8. The Morgan fingerprint density at radius 3 is 2.23 bits per heavy atom. The van der Waals surface area contributed by atoms with Crippen LogP contribution in [0.5, 0.6) is 11.5 Å². The highest BCUT2D eigenvalue weighted by Gasteiger charge is 2.26. The van der Waals surface area contributed by atoms with Gasteiger partial charge in [0.15, 0.2) is 11.5 Å². The lowest BCUT2D eigenvalue weighted by atomic mass is 10.1. The third-order valence-electron chi connectivity index (χ3n) is 5.19. The van der Waals surface area contributed by atoms with Gasteiger partial charge < -0.3 is 19.7 Å². The van der Waals surface area contributed by atoms with Crippen molar-refractivity contribution < 1.29 is 19.1 Å². The van der Waals surface area contributed by atoms with E-state index in [-0.39, 0.29) is 18.2 Å². The van der Waals surface area contributed by atoms with E-state index < -0.39 is 6.04 Å². The molecule has 1 N–H and O–H groups in total. The summed E-state index contributed by atoms with van der Waals surface area (Å²) in [4.78, 5) is 27.7. The SMILES string of the molecule is COc1ccc(CC(=O)N(Cc2ccccc2)C(C)C(=O)NCCC(C)C)cc1OC. The van der Waals surface area contributed by atoms with E-state index in [2.05, 4.69) is 19.2 Å². The molecule has 0 saturated heterocycles. The molecule has 1 unspecified atom stereocenters. The highest BCUT2D eigenvalue weighted by Crippen LogP contribution is 2.28. The molecule has 0 spiro atoms. The molecule has 0 aliphatic heterocycles. The van der Waals surface area contributed by atoms with E-state index in [9.17, 15) is 9.59 Å². The zero-order valence-corrected chi connectivity index (χ0v) is 19.2. The number of hydrogen-bond donors (Lipinski definition) is 1. The second kappa shape index (κ2) is 12.0. The minimum Gasteiger partial charge on any atom is -0.493 e. The molecule has 1 atom stereocenters. The summed E-state index contributed by atoms with van der Waals surface area (Å²) < 4.78 is 10.6. The van der Waals surface area contributed by atoms with Crippen molar-refractivity contribution in [2.45, 2.75) is 46.2 Å². The number of methoxy groups -OCH3 is 2. The Hall–Kier alpha value is -3.02. The van der Waals surface area contributed by atoms with Crippen molar-refractivity contribution >= 4 is 11.8 Å². The molecule has 0 aromatic heterocycles. The number of carbonyl (C=O) groups excluding carboxylic acids is 2. The standard InChI is InChI=1S/C25H34N2O4/c1-18(2)13-14-26-25(29)19(3)27(17-20-9-7-6-8-10-20)24(28)16-21-11-12-22(30-4)23(15-21)31-5/h6-12,15,18-19H,13-14,16-17H2,1-5H3,(H,26,29). The lowest BCUT2D eigenvalue weighted by molar-refractivity contribution is -0.140. The first-order valence-electron chi connectivity index (χ1n) is 10.7. The van der Waals surface area contributed by atoms with E-state index in [0.29, 0.717) is 30.5 Å². The maximum Gasteiger partial charge on any atom is 0.242 e. The average Bonchev–Trinajstić information content (AvgIpc) is 2.77. The Kier molecular flexibility index (Phi) is 9.38. The summed E-state index contributed by atoms with van der Waals surface area (Å²) in [5.41, 5.74) is 1.78. The summed E-state index contributed by atoms with van der Waals surface area (Å²) in [6.45, 7) is 6.98. The van der Waals surface area contributed by atoms with Crippen molar-refractivity contribution in [2.24, 2.45) is 5.92 Å². The molecule has 2 aromatic rings. The van der Waals surface area contributed by atoms with Gasteiger partial charge in [0.1, 0.15) is 6.04 Å². The zero-order valence-electron chi connectivity index (χ0n) is 19.2. The number of ether oxygens (including phenoxy) is 2. The molecular weight excluding hydrogens is 392 g/mol.